The van der Waals surface area contributed by atoms with E-state index in [-0.39, 0.29) is 17.0 Å². The fourth-order valence-electron chi connectivity index (χ4n) is 2.09. The minimum Gasteiger partial charge on any atom is -0.207 e. The molecule has 0 saturated carbocycles. The third kappa shape index (κ3) is 3.38. The average molecular weight is 294 g/mol. The van der Waals surface area contributed by atoms with Crippen molar-refractivity contribution in [1.82, 2.24) is 4.31 Å². The normalized spacial score (nSPS) is 14.8. The first-order chi connectivity index (χ1) is 9.38. The van der Waals surface area contributed by atoms with Crippen LogP contribution >= 0.6 is 0 Å². The van der Waals surface area contributed by atoms with Gasteiger partial charge in [-0.15, -0.1) is 0 Å². The molecular weight excluding hydrogens is 272 g/mol. The minimum absolute atomic E-state index is 0.0504. The molecule has 0 aliphatic heterocycles. The van der Waals surface area contributed by atoms with E-state index in [1.54, 1.807) is 4.31 Å². The van der Waals surface area contributed by atoms with E-state index in [9.17, 15) is 8.42 Å². The van der Waals surface area contributed by atoms with Crippen molar-refractivity contribution in [3.8, 4) is 6.07 Å². The van der Waals surface area contributed by atoms with Crippen LogP contribution in [0, 0.1) is 11.3 Å². The third-order valence-corrected chi connectivity index (χ3v) is 5.75. The Hall–Kier alpha value is -1.38. The van der Waals surface area contributed by atoms with Crippen molar-refractivity contribution in [3.63, 3.8) is 0 Å². The molecule has 0 saturated heterocycles. The summed E-state index contributed by atoms with van der Waals surface area (Å²) in [7, 11) is -3.52. The first kappa shape index (κ1) is 16.7. The van der Waals surface area contributed by atoms with Crippen LogP contribution < -0.4 is 0 Å². The number of hydrogen-bond donors (Lipinski definition) is 0. The molecule has 0 aromatic heterocycles. The predicted molar refractivity (Wildman–Crippen MR) is 79.7 cm³/mol. The van der Waals surface area contributed by atoms with Crippen molar-refractivity contribution in [1.29, 1.82) is 5.26 Å². The first-order valence-electron chi connectivity index (χ1n) is 6.92. The summed E-state index contributed by atoms with van der Waals surface area (Å²) in [5.74, 6) is 0. The van der Waals surface area contributed by atoms with E-state index in [1.165, 1.54) is 24.3 Å². The zero-order valence-electron chi connectivity index (χ0n) is 12.5. The van der Waals surface area contributed by atoms with Crippen LogP contribution in [0.15, 0.2) is 29.2 Å². The summed E-state index contributed by atoms with van der Waals surface area (Å²) in [6, 6.07) is 7.98. The lowest BCUT2D eigenvalue weighted by molar-refractivity contribution is 0.262. The van der Waals surface area contributed by atoms with E-state index in [0.29, 0.717) is 5.56 Å². The molecule has 0 fully saturated rings. The SMILES string of the molecule is CCC(C)N(C(C)CC)S(=O)(=O)c1ccc(C#N)cc1. The summed E-state index contributed by atoms with van der Waals surface area (Å²) < 4.78 is 27.1. The van der Waals surface area contributed by atoms with Crippen LogP contribution in [0.25, 0.3) is 0 Å². The number of nitriles is 1. The molecule has 1 rings (SSSR count). The van der Waals surface area contributed by atoms with Gasteiger partial charge in [-0.1, -0.05) is 13.8 Å². The van der Waals surface area contributed by atoms with E-state index in [1.807, 2.05) is 33.8 Å². The molecule has 1 aromatic rings. The monoisotopic (exact) mass is 294 g/mol. The highest BCUT2D eigenvalue weighted by atomic mass is 32.2. The summed E-state index contributed by atoms with van der Waals surface area (Å²) in [5.41, 5.74) is 0.461. The Bertz CT molecular complexity index is 563. The molecule has 0 aliphatic rings. The average Bonchev–Trinajstić information content (AvgIpc) is 2.46. The van der Waals surface area contributed by atoms with Crippen LogP contribution in [0.2, 0.25) is 0 Å². The number of nitrogens with zero attached hydrogens (tertiary/aromatic N) is 2. The molecule has 0 radical (unpaired) electrons. The van der Waals surface area contributed by atoms with Crippen LogP contribution in [-0.4, -0.2) is 24.8 Å². The molecule has 1 aromatic carbocycles. The molecule has 2 atom stereocenters. The lowest BCUT2D eigenvalue weighted by Crippen LogP contribution is -2.44. The maximum Gasteiger partial charge on any atom is 0.243 e. The van der Waals surface area contributed by atoms with Gasteiger partial charge in [-0.25, -0.2) is 8.42 Å². The lowest BCUT2D eigenvalue weighted by atomic mass is 10.2. The highest BCUT2D eigenvalue weighted by molar-refractivity contribution is 7.89. The molecule has 0 spiro atoms. The van der Waals surface area contributed by atoms with Crippen molar-refractivity contribution in [2.24, 2.45) is 0 Å². The Morgan fingerprint density at radius 1 is 1.10 bits per heavy atom. The summed E-state index contributed by atoms with van der Waals surface area (Å²) in [6.07, 6.45) is 1.53. The van der Waals surface area contributed by atoms with Crippen molar-refractivity contribution in [2.45, 2.75) is 57.5 Å². The second-order valence-electron chi connectivity index (χ2n) is 4.99. The maximum atomic E-state index is 12.8. The van der Waals surface area contributed by atoms with Crippen molar-refractivity contribution >= 4 is 10.0 Å². The first-order valence-corrected chi connectivity index (χ1v) is 8.36. The number of sulfonamides is 1. The highest BCUT2D eigenvalue weighted by Crippen LogP contribution is 2.23. The summed E-state index contributed by atoms with van der Waals surface area (Å²) >= 11 is 0. The Morgan fingerprint density at radius 2 is 1.55 bits per heavy atom. The summed E-state index contributed by atoms with van der Waals surface area (Å²) in [4.78, 5) is 0.247. The van der Waals surface area contributed by atoms with Crippen molar-refractivity contribution in [2.75, 3.05) is 0 Å². The van der Waals surface area contributed by atoms with Gasteiger partial charge in [0.1, 0.15) is 0 Å². The van der Waals surface area contributed by atoms with Crippen LogP contribution in [-0.2, 0) is 10.0 Å². The Labute approximate surface area is 122 Å². The van der Waals surface area contributed by atoms with Crippen LogP contribution in [0.3, 0.4) is 0 Å². The molecule has 0 N–H and O–H groups in total. The largest absolute Gasteiger partial charge is 0.243 e. The van der Waals surface area contributed by atoms with E-state index >= 15 is 0 Å². The van der Waals surface area contributed by atoms with Gasteiger partial charge in [-0.3, -0.25) is 0 Å². The number of benzene rings is 1. The second-order valence-corrected chi connectivity index (χ2v) is 6.83. The molecule has 110 valence electrons. The minimum atomic E-state index is -3.52. The number of hydrogen-bond acceptors (Lipinski definition) is 3. The standard InChI is InChI=1S/C15H22N2O2S/c1-5-12(3)17(13(4)6-2)20(18,19)15-9-7-14(11-16)8-10-15/h7-10,12-13H,5-6H2,1-4H3. The smallest absolute Gasteiger partial charge is 0.207 e. The van der Waals surface area contributed by atoms with Crippen molar-refractivity contribution in [3.05, 3.63) is 29.8 Å². The molecule has 2 unspecified atom stereocenters. The molecule has 0 amide bonds. The van der Waals surface area contributed by atoms with E-state index < -0.39 is 10.0 Å². The zero-order valence-corrected chi connectivity index (χ0v) is 13.3. The molecule has 20 heavy (non-hydrogen) atoms. The Balaban J connectivity index is 3.25. The number of rotatable bonds is 6. The predicted octanol–water partition coefficient (Wildman–Crippen LogP) is 3.15. The fraction of sp³-hybridized carbons (Fsp3) is 0.533. The molecular formula is C15H22N2O2S. The van der Waals surface area contributed by atoms with Crippen molar-refractivity contribution < 1.29 is 8.42 Å². The van der Waals surface area contributed by atoms with Crippen LogP contribution in [0.5, 0.6) is 0 Å². The van der Waals surface area contributed by atoms with Gasteiger partial charge in [0.2, 0.25) is 10.0 Å². The van der Waals surface area contributed by atoms with Gasteiger partial charge in [0.05, 0.1) is 16.5 Å². The Kier molecular flexibility index (Phi) is 5.73. The molecule has 4 nitrogen and oxygen atoms in total. The van der Waals surface area contributed by atoms with Gasteiger partial charge < -0.3 is 0 Å². The van der Waals surface area contributed by atoms with Gasteiger partial charge in [-0.05, 0) is 51.0 Å². The summed E-state index contributed by atoms with van der Waals surface area (Å²) in [5, 5.41) is 8.78. The molecule has 0 bridgehead atoms. The third-order valence-electron chi connectivity index (χ3n) is 3.61. The van der Waals surface area contributed by atoms with E-state index in [0.717, 1.165) is 12.8 Å². The van der Waals surface area contributed by atoms with E-state index in [4.69, 9.17) is 5.26 Å². The maximum absolute atomic E-state index is 12.8. The summed E-state index contributed by atoms with van der Waals surface area (Å²) in [6.45, 7) is 7.81. The highest BCUT2D eigenvalue weighted by Gasteiger charge is 2.31. The quantitative estimate of drug-likeness (QED) is 0.809. The second kappa shape index (κ2) is 6.87. The topological polar surface area (TPSA) is 61.2 Å². The van der Waals surface area contributed by atoms with Gasteiger partial charge >= 0.3 is 0 Å². The van der Waals surface area contributed by atoms with Gasteiger partial charge in [0, 0.05) is 12.1 Å². The molecule has 0 aliphatic carbocycles. The van der Waals surface area contributed by atoms with Crippen LogP contribution in [0.4, 0.5) is 0 Å². The van der Waals surface area contributed by atoms with Crippen LogP contribution in [0.1, 0.15) is 46.1 Å². The zero-order chi connectivity index (χ0) is 15.3. The fourth-order valence-corrected chi connectivity index (χ4v) is 4.06. The molecule has 5 heteroatoms. The van der Waals surface area contributed by atoms with Gasteiger partial charge in [0.15, 0.2) is 0 Å². The van der Waals surface area contributed by atoms with Gasteiger partial charge in [0.25, 0.3) is 0 Å². The Morgan fingerprint density at radius 3 is 1.90 bits per heavy atom. The molecule has 0 heterocycles. The van der Waals surface area contributed by atoms with E-state index in [2.05, 4.69) is 0 Å². The van der Waals surface area contributed by atoms with Gasteiger partial charge in [-0.2, -0.15) is 9.57 Å². The lowest BCUT2D eigenvalue weighted by Gasteiger charge is -2.32.